The maximum absolute atomic E-state index is 5.55. The van der Waals surface area contributed by atoms with E-state index in [9.17, 15) is 0 Å². The summed E-state index contributed by atoms with van der Waals surface area (Å²) < 4.78 is 9.40. The van der Waals surface area contributed by atoms with E-state index < -0.39 is 0 Å². The highest BCUT2D eigenvalue weighted by Crippen LogP contribution is 2.33. The summed E-state index contributed by atoms with van der Waals surface area (Å²) in [5.74, 6) is 2.15. The van der Waals surface area contributed by atoms with Crippen molar-refractivity contribution in [3.05, 3.63) is 48.7 Å². The van der Waals surface area contributed by atoms with E-state index in [2.05, 4.69) is 28.3 Å². The van der Waals surface area contributed by atoms with E-state index in [4.69, 9.17) is 14.8 Å². The average molecular weight is 403 g/mol. The lowest BCUT2D eigenvalue weighted by Gasteiger charge is -2.16. The first-order valence-corrected chi connectivity index (χ1v) is 10.2. The first-order chi connectivity index (χ1) is 14.6. The number of hydrogen-bond acceptors (Lipinski definition) is 6. The van der Waals surface area contributed by atoms with Crippen LogP contribution in [0.15, 0.2) is 43.1 Å². The van der Waals surface area contributed by atoms with Crippen molar-refractivity contribution in [1.82, 2.24) is 29.1 Å². The summed E-state index contributed by atoms with van der Waals surface area (Å²) in [4.78, 5) is 13.6. The fourth-order valence-corrected chi connectivity index (χ4v) is 4.30. The molecule has 8 nitrogen and oxygen atoms in total. The molecule has 5 rings (SSSR count). The Hall–Kier alpha value is -3.26. The fraction of sp³-hybridized carbons (Fsp3) is 0.364. The Morgan fingerprint density at radius 2 is 2.13 bits per heavy atom. The van der Waals surface area contributed by atoms with Gasteiger partial charge in [-0.2, -0.15) is 0 Å². The molecule has 30 heavy (non-hydrogen) atoms. The molecular weight excluding hydrogens is 378 g/mol. The van der Waals surface area contributed by atoms with Gasteiger partial charge in [0.2, 0.25) is 5.82 Å². The zero-order valence-electron chi connectivity index (χ0n) is 17.4. The molecule has 2 atom stereocenters. The predicted octanol–water partition coefficient (Wildman–Crippen LogP) is 3.48. The van der Waals surface area contributed by atoms with Gasteiger partial charge >= 0.3 is 0 Å². The minimum Gasteiger partial charge on any atom is -0.381 e. The Labute approximate surface area is 175 Å². The van der Waals surface area contributed by atoms with Crippen LogP contribution in [0.5, 0.6) is 0 Å². The number of nitrogens with one attached hydrogen (secondary N) is 1. The molecule has 1 N–H and O–H groups in total. The van der Waals surface area contributed by atoms with E-state index in [1.54, 1.807) is 19.5 Å². The third-order valence-electron chi connectivity index (χ3n) is 5.94. The minimum absolute atomic E-state index is 0.299. The predicted molar refractivity (Wildman–Crippen MR) is 115 cm³/mol. The Balaban J connectivity index is 1.65. The van der Waals surface area contributed by atoms with Crippen LogP contribution in [-0.2, 0) is 11.8 Å². The number of aromatic nitrogens is 6. The van der Waals surface area contributed by atoms with Crippen LogP contribution in [0.4, 0.5) is 5.82 Å². The summed E-state index contributed by atoms with van der Waals surface area (Å²) in [5, 5.41) is 8.46. The van der Waals surface area contributed by atoms with Crippen molar-refractivity contribution in [1.29, 1.82) is 0 Å². The third kappa shape index (κ3) is 3.23. The topological polar surface area (TPSA) is 82.2 Å². The van der Waals surface area contributed by atoms with Crippen molar-refractivity contribution in [3.8, 4) is 22.8 Å². The van der Waals surface area contributed by atoms with Crippen molar-refractivity contribution >= 4 is 11.3 Å². The monoisotopic (exact) mass is 403 g/mol. The van der Waals surface area contributed by atoms with Gasteiger partial charge in [0.15, 0.2) is 11.6 Å². The van der Waals surface area contributed by atoms with Crippen molar-refractivity contribution in [3.63, 3.8) is 0 Å². The maximum atomic E-state index is 5.55. The van der Waals surface area contributed by atoms with Gasteiger partial charge in [-0.15, -0.1) is 5.10 Å². The van der Waals surface area contributed by atoms with Gasteiger partial charge in [-0.3, -0.25) is 4.98 Å². The SMILES string of the molecule is CO[C@@H]1CC[C@@H](Nc2nc(-c3nccn3C)nn3cc(-c4cccnc4)c(C)c23)C1. The Kier molecular flexibility index (Phi) is 4.71. The molecule has 4 heterocycles. The Bertz CT molecular complexity index is 1180. The number of nitrogens with zero attached hydrogens (tertiary/aromatic N) is 6. The molecule has 0 radical (unpaired) electrons. The fourth-order valence-electron chi connectivity index (χ4n) is 4.30. The largest absolute Gasteiger partial charge is 0.381 e. The molecule has 1 aliphatic rings. The highest BCUT2D eigenvalue weighted by atomic mass is 16.5. The Morgan fingerprint density at radius 1 is 1.23 bits per heavy atom. The van der Waals surface area contributed by atoms with Crippen LogP contribution in [0.1, 0.15) is 24.8 Å². The zero-order chi connectivity index (χ0) is 20.7. The average Bonchev–Trinajstić information content (AvgIpc) is 3.47. The van der Waals surface area contributed by atoms with Gasteiger partial charge in [0, 0.05) is 62.3 Å². The quantitative estimate of drug-likeness (QED) is 0.549. The first-order valence-electron chi connectivity index (χ1n) is 10.2. The molecule has 154 valence electrons. The van der Waals surface area contributed by atoms with Gasteiger partial charge in [-0.25, -0.2) is 14.5 Å². The number of ether oxygens (including phenoxy) is 1. The standard InChI is InChI=1S/C22H25N7O/c1-14-18(15-5-4-8-23-12-15)13-29-19(14)20(25-16-6-7-17(11-16)30-3)26-21(27-29)22-24-9-10-28(22)2/h4-5,8-10,12-13,16-17H,6-7,11H2,1-3H3,(H,25,26,27)/t16-,17-/m1/s1. The molecule has 0 aromatic carbocycles. The van der Waals surface area contributed by atoms with Gasteiger partial charge in [-0.1, -0.05) is 6.07 Å². The van der Waals surface area contributed by atoms with Crippen LogP contribution in [0, 0.1) is 6.92 Å². The molecule has 4 aromatic rings. The summed E-state index contributed by atoms with van der Waals surface area (Å²) in [6, 6.07) is 4.33. The molecule has 8 heteroatoms. The van der Waals surface area contributed by atoms with Crippen LogP contribution < -0.4 is 5.32 Å². The third-order valence-corrected chi connectivity index (χ3v) is 5.94. The van der Waals surface area contributed by atoms with E-state index in [-0.39, 0.29) is 0 Å². The summed E-state index contributed by atoms with van der Waals surface area (Å²) in [7, 11) is 3.73. The van der Waals surface area contributed by atoms with Crippen molar-refractivity contribution in [2.24, 2.45) is 7.05 Å². The van der Waals surface area contributed by atoms with Crippen LogP contribution in [0.2, 0.25) is 0 Å². The second-order valence-corrected chi connectivity index (χ2v) is 7.86. The smallest absolute Gasteiger partial charge is 0.218 e. The summed E-state index contributed by atoms with van der Waals surface area (Å²) in [5.41, 5.74) is 4.26. The molecule has 4 aromatic heterocycles. The summed E-state index contributed by atoms with van der Waals surface area (Å²) >= 11 is 0. The first kappa shape index (κ1) is 18.7. The van der Waals surface area contributed by atoms with Gasteiger partial charge in [0.1, 0.15) is 5.52 Å². The van der Waals surface area contributed by atoms with E-state index in [0.717, 1.165) is 53.1 Å². The van der Waals surface area contributed by atoms with Crippen LogP contribution in [0.25, 0.3) is 28.3 Å². The van der Waals surface area contributed by atoms with Crippen LogP contribution in [-0.4, -0.2) is 48.4 Å². The van der Waals surface area contributed by atoms with E-state index in [1.807, 2.05) is 40.8 Å². The maximum Gasteiger partial charge on any atom is 0.218 e. The summed E-state index contributed by atoms with van der Waals surface area (Å²) in [6.45, 7) is 2.11. The lowest BCUT2D eigenvalue weighted by molar-refractivity contribution is 0.108. The molecule has 0 aliphatic heterocycles. The lowest BCUT2D eigenvalue weighted by atomic mass is 10.1. The van der Waals surface area contributed by atoms with E-state index in [0.29, 0.717) is 18.0 Å². The highest BCUT2D eigenvalue weighted by Gasteiger charge is 2.26. The second kappa shape index (κ2) is 7.53. The number of anilines is 1. The van der Waals surface area contributed by atoms with Crippen molar-refractivity contribution in [2.45, 2.75) is 38.3 Å². The molecule has 0 amide bonds. The molecular formula is C22H25N7O. The zero-order valence-corrected chi connectivity index (χ0v) is 17.4. The van der Waals surface area contributed by atoms with Gasteiger partial charge < -0.3 is 14.6 Å². The lowest BCUT2D eigenvalue weighted by Crippen LogP contribution is -2.19. The normalized spacial score (nSPS) is 18.9. The molecule has 0 saturated heterocycles. The molecule has 0 spiro atoms. The van der Waals surface area contributed by atoms with Gasteiger partial charge in [-0.05, 0) is 37.8 Å². The van der Waals surface area contributed by atoms with Crippen molar-refractivity contribution in [2.75, 3.05) is 12.4 Å². The number of rotatable bonds is 5. The number of aryl methyl sites for hydroxylation is 2. The number of hydrogen-bond donors (Lipinski definition) is 1. The minimum atomic E-state index is 0.299. The van der Waals surface area contributed by atoms with Crippen molar-refractivity contribution < 1.29 is 4.74 Å². The second-order valence-electron chi connectivity index (χ2n) is 7.86. The molecule has 1 saturated carbocycles. The van der Waals surface area contributed by atoms with E-state index >= 15 is 0 Å². The number of imidazole rings is 1. The van der Waals surface area contributed by atoms with Gasteiger partial charge in [0.25, 0.3) is 0 Å². The number of pyridine rings is 1. The van der Waals surface area contributed by atoms with E-state index in [1.165, 1.54) is 0 Å². The van der Waals surface area contributed by atoms with Crippen LogP contribution >= 0.6 is 0 Å². The highest BCUT2D eigenvalue weighted by molar-refractivity contribution is 5.83. The number of methoxy groups -OCH3 is 1. The van der Waals surface area contributed by atoms with Gasteiger partial charge in [0.05, 0.1) is 6.10 Å². The summed E-state index contributed by atoms with van der Waals surface area (Å²) in [6.07, 6.45) is 12.8. The number of fused-ring (bicyclic) bond motifs is 1. The van der Waals surface area contributed by atoms with Crippen LogP contribution in [0.3, 0.4) is 0 Å². The Morgan fingerprint density at radius 3 is 2.83 bits per heavy atom. The molecule has 0 bridgehead atoms. The molecule has 0 unspecified atom stereocenters. The molecule has 1 fully saturated rings. The molecule has 1 aliphatic carbocycles.